The molecule has 0 fully saturated rings. The highest BCUT2D eigenvalue weighted by Crippen LogP contribution is 2.41. The number of benzene rings is 2. The van der Waals surface area contributed by atoms with Crippen molar-refractivity contribution in [3.05, 3.63) is 47.5 Å². The van der Waals surface area contributed by atoms with Crippen LogP contribution in [0, 0.1) is 0 Å². The van der Waals surface area contributed by atoms with Crippen LogP contribution in [-0.4, -0.2) is 10.2 Å². The lowest BCUT2D eigenvalue weighted by Crippen LogP contribution is -2.06. The summed E-state index contributed by atoms with van der Waals surface area (Å²) in [5.74, 6) is -2.04. The van der Waals surface area contributed by atoms with E-state index in [1.165, 1.54) is 0 Å². The molecule has 0 aliphatic heterocycles. The molecule has 0 aliphatic carbocycles. The molecule has 2 aromatic carbocycles. The van der Waals surface area contributed by atoms with Crippen LogP contribution in [0.1, 0.15) is 11.1 Å². The minimum atomic E-state index is -4.84. The van der Waals surface area contributed by atoms with E-state index in [2.05, 4.69) is 0 Å². The van der Waals surface area contributed by atoms with Crippen molar-refractivity contribution in [2.45, 2.75) is 12.4 Å². The van der Waals surface area contributed by atoms with Gasteiger partial charge >= 0.3 is 12.4 Å². The molecule has 0 amide bonds. The monoisotopic (exact) mass is 322 g/mol. The first kappa shape index (κ1) is 16.0. The van der Waals surface area contributed by atoms with E-state index in [1.54, 1.807) is 0 Å². The molecule has 2 rings (SSSR count). The third-order valence-electron chi connectivity index (χ3n) is 2.94. The van der Waals surface area contributed by atoms with E-state index < -0.39 is 35.0 Å². The molecular weight excluding hydrogens is 314 g/mol. The topological polar surface area (TPSA) is 40.5 Å². The van der Waals surface area contributed by atoms with Crippen molar-refractivity contribution in [3.63, 3.8) is 0 Å². The second-order valence-corrected chi connectivity index (χ2v) is 4.46. The van der Waals surface area contributed by atoms with Crippen LogP contribution < -0.4 is 0 Å². The Hall–Kier alpha value is -2.38. The summed E-state index contributed by atoms with van der Waals surface area (Å²) in [5.41, 5.74) is -3.05. The number of aromatic hydroxyl groups is 2. The largest absolute Gasteiger partial charge is 0.507 e. The van der Waals surface area contributed by atoms with E-state index in [9.17, 15) is 36.6 Å². The highest BCUT2D eigenvalue weighted by atomic mass is 19.4. The maximum Gasteiger partial charge on any atom is 0.419 e. The number of hydrogen-bond acceptors (Lipinski definition) is 2. The molecule has 118 valence electrons. The number of phenolic OH excluding ortho intramolecular Hbond substituents is 2. The standard InChI is InChI=1S/C14H8F6O2/c15-13(16,17)9-5-7(1-3-11(9)21)8-2-4-12(22)10(6-8)14(18,19)20/h1-6,21-22H. The first-order valence-electron chi connectivity index (χ1n) is 5.81. The van der Waals surface area contributed by atoms with Crippen molar-refractivity contribution in [1.29, 1.82) is 0 Å². The van der Waals surface area contributed by atoms with Crippen LogP contribution >= 0.6 is 0 Å². The molecule has 0 bridgehead atoms. The summed E-state index contributed by atoms with van der Waals surface area (Å²) in [7, 11) is 0. The molecule has 22 heavy (non-hydrogen) atoms. The summed E-state index contributed by atoms with van der Waals surface area (Å²) in [6.45, 7) is 0. The minimum absolute atomic E-state index is 0.171. The Bertz CT molecular complexity index is 642. The van der Waals surface area contributed by atoms with Crippen molar-refractivity contribution in [2.24, 2.45) is 0 Å². The minimum Gasteiger partial charge on any atom is -0.507 e. The van der Waals surface area contributed by atoms with Gasteiger partial charge in [0.2, 0.25) is 0 Å². The number of phenols is 2. The summed E-state index contributed by atoms with van der Waals surface area (Å²) in [6, 6.07) is 4.69. The van der Waals surface area contributed by atoms with Gasteiger partial charge in [0.25, 0.3) is 0 Å². The Morgan fingerprint density at radius 2 is 0.909 bits per heavy atom. The molecule has 0 aliphatic rings. The molecule has 2 N–H and O–H groups in total. The molecular formula is C14H8F6O2. The fraction of sp³-hybridized carbons (Fsp3) is 0.143. The highest BCUT2D eigenvalue weighted by Gasteiger charge is 2.35. The first-order valence-corrected chi connectivity index (χ1v) is 5.81. The third-order valence-corrected chi connectivity index (χ3v) is 2.94. The van der Waals surface area contributed by atoms with E-state index in [1.807, 2.05) is 0 Å². The average Bonchev–Trinajstić information content (AvgIpc) is 2.37. The molecule has 0 unspecified atom stereocenters. The van der Waals surface area contributed by atoms with Gasteiger partial charge in [-0.25, -0.2) is 0 Å². The van der Waals surface area contributed by atoms with E-state index in [-0.39, 0.29) is 11.1 Å². The van der Waals surface area contributed by atoms with Gasteiger partial charge in [-0.2, -0.15) is 26.3 Å². The van der Waals surface area contributed by atoms with Gasteiger partial charge in [0.05, 0.1) is 11.1 Å². The van der Waals surface area contributed by atoms with Gasteiger partial charge in [-0.1, -0.05) is 12.1 Å². The van der Waals surface area contributed by atoms with Crippen LogP contribution in [0.25, 0.3) is 11.1 Å². The molecule has 0 spiro atoms. The Kier molecular flexibility index (Phi) is 3.72. The van der Waals surface area contributed by atoms with E-state index in [4.69, 9.17) is 0 Å². The molecule has 2 aromatic rings. The lowest BCUT2D eigenvalue weighted by atomic mass is 9.99. The first-order chi connectivity index (χ1) is 10.00. The molecule has 0 saturated carbocycles. The predicted octanol–water partition coefficient (Wildman–Crippen LogP) is 4.80. The van der Waals surface area contributed by atoms with E-state index >= 15 is 0 Å². The van der Waals surface area contributed by atoms with Crippen molar-refractivity contribution in [1.82, 2.24) is 0 Å². The second-order valence-electron chi connectivity index (χ2n) is 4.46. The van der Waals surface area contributed by atoms with Crippen LogP contribution in [0.4, 0.5) is 26.3 Å². The Balaban J connectivity index is 2.59. The van der Waals surface area contributed by atoms with Crippen molar-refractivity contribution < 1.29 is 36.6 Å². The third kappa shape index (κ3) is 3.10. The average molecular weight is 322 g/mol. The van der Waals surface area contributed by atoms with Crippen LogP contribution in [0.15, 0.2) is 36.4 Å². The van der Waals surface area contributed by atoms with E-state index in [0.29, 0.717) is 12.1 Å². The zero-order valence-corrected chi connectivity index (χ0v) is 10.6. The quantitative estimate of drug-likeness (QED) is 0.740. The Labute approximate surface area is 120 Å². The number of rotatable bonds is 1. The summed E-state index contributed by atoms with van der Waals surface area (Å²) in [4.78, 5) is 0. The van der Waals surface area contributed by atoms with Gasteiger partial charge in [-0.15, -0.1) is 0 Å². The smallest absolute Gasteiger partial charge is 0.419 e. The molecule has 0 atom stereocenters. The number of hydrogen-bond donors (Lipinski definition) is 2. The van der Waals surface area contributed by atoms with Crippen LogP contribution in [-0.2, 0) is 12.4 Å². The van der Waals surface area contributed by atoms with Gasteiger partial charge in [-0.3, -0.25) is 0 Å². The molecule has 0 heterocycles. The molecule has 8 heteroatoms. The van der Waals surface area contributed by atoms with Crippen LogP contribution in [0.2, 0.25) is 0 Å². The molecule has 0 radical (unpaired) electrons. The lowest BCUT2D eigenvalue weighted by Gasteiger charge is -2.13. The van der Waals surface area contributed by atoms with Gasteiger partial charge in [0.15, 0.2) is 0 Å². The zero-order chi connectivity index (χ0) is 16.7. The van der Waals surface area contributed by atoms with Crippen molar-refractivity contribution in [3.8, 4) is 22.6 Å². The fourth-order valence-electron chi connectivity index (χ4n) is 1.89. The SMILES string of the molecule is Oc1ccc(-c2ccc(O)c(C(F)(F)F)c2)cc1C(F)(F)F. The normalized spacial score (nSPS) is 12.5. The predicted molar refractivity (Wildman–Crippen MR) is 65.2 cm³/mol. The van der Waals surface area contributed by atoms with Crippen LogP contribution in [0.5, 0.6) is 11.5 Å². The Morgan fingerprint density at radius 1 is 0.591 bits per heavy atom. The van der Waals surface area contributed by atoms with Crippen molar-refractivity contribution in [2.75, 3.05) is 0 Å². The summed E-state index contributed by atoms with van der Waals surface area (Å²) >= 11 is 0. The second kappa shape index (κ2) is 5.11. The van der Waals surface area contributed by atoms with E-state index in [0.717, 1.165) is 24.3 Å². The maximum atomic E-state index is 12.7. The molecule has 0 aromatic heterocycles. The van der Waals surface area contributed by atoms with Gasteiger partial charge in [0, 0.05) is 0 Å². The summed E-state index contributed by atoms with van der Waals surface area (Å²) < 4.78 is 76.2. The summed E-state index contributed by atoms with van der Waals surface area (Å²) in [6.07, 6.45) is -9.69. The lowest BCUT2D eigenvalue weighted by molar-refractivity contribution is -0.139. The number of alkyl halides is 6. The highest BCUT2D eigenvalue weighted by molar-refractivity contribution is 5.68. The summed E-state index contributed by atoms with van der Waals surface area (Å²) in [5, 5.41) is 18.4. The van der Waals surface area contributed by atoms with Gasteiger partial charge < -0.3 is 10.2 Å². The van der Waals surface area contributed by atoms with Crippen LogP contribution in [0.3, 0.4) is 0 Å². The fourth-order valence-corrected chi connectivity index (χ4v) is 1.89. The van der Waals surface area contributed by atoms with Gasteiger partial charge in [0.1, 0.15) is 11.5 Å². The van der Waals surface area contributed by atoms with Gasteiger partial charge in [-0.05, 0) is 35.4 Å². The molecule has 0 saturated heterocycles. The van der Waals surface area contributed by atoms with Crippen molar-refractivity contribution >= 4 is 0 Å². The Morgan fingerprint density at radius 3 is 1.18 bits per heavy atom. The molecule has 2 nitrogen and oxygen atoms in total. The maximum absolute atomic E-state index is 12.7. The number of halogens is 6. The zero-order valence-electron chi connectivity index (χ0n) is 10.6.